The van der Waals surface area contributed by atoms with Crippen LogP contribution < -0.4 is 10.6 Å². The van der Waals surface area contributed by atoms with Crippen molar-refractivity contribution in [2.75, 3.05) is 23.7 Å². The molecule has 230 valence electrons. The van der Waals surface area contributed by atoms with Crippen molar-refractivity contribution in [3.8, 4) is 0 Å². The molecule has 0 bridgehead atoms. The second kappa shape index (κ2) is 14.1. The van der Waals surface area contributed by atoms with Gasteiger partial charge in [0.15, 0.2) is 0 Å². The molecule has 1 aromatic heterocycles. The fourth-order valence-corrected chi connectivity index (χ4v) is 5.85. The molecule has 0 saturated carbocycles. The Kier molecular flexibility index (Phi) is 11.3. The van der Waals surface area contributed by atoms with Crippen molar-refractivity contribution in [1.29, 1.82) is 0 Å². The number of anilines is 2. The first kappa shape index (κ1) is 33.7. The molecule has 0 unspecified atom stereocenters. The quantitative estimate of drug-likeness (QED) is 0.215. The van der Waals surface area contributed by atoms with E-state index >= 15 is 0 Å². The molecule has 0 aliphatic carbocycles. The van der Waals surface area contributed by atoms with Crippen molar-refractivity contribution in [3.63, 3.8) is 0 Å². The van der Waals surface area contributed by atoms with Crippen molar-refractivity contribution in [3.05, 3.63) is 87.7 Å². The summed E-state index contributed by atoms with van der Waals surface area (Å²) in [6.07, 6.45) is 1.93. The van der Waals surface area contributed by atoms with Gasteiger partial charge in [-0.2, -0.15) is 0 Å². The van der Waals surface area contributed by atoms with E-state index in [1.807, 2.05) is 12.3 Å². The minimum absolute atomic E-state index is 0.236. The first-order valence-corrected chi connectivity index (χ1v) is 16.4. The van der Waals surface area contributed by atoms with Crippen LogP contribution in [0, 0.1) is 0 Å². The van der Waals surface area contributed by atoms with E-state index in [0.29, 0.717) is 35.5 Å². The van der Waals surface area contributed by atoms with Gasteiger partial charge in [-0.15, -0.1) is 0 Å². The maximum atomic E-state index is 4.90. The second-order valence-electron chi connectivity index (χ2n) is 14.6. The molecule has 0 aliphatic rings. The second-order valence-corrected chi connectivity index (χ2v) is 14.6. The zero-order chi connectivity index (χ0) is 31.4. The number of hydrogen-bond donors (Lipinski definition) is 2. The summed E-state index contributed by atoms with van der Waals surface area (Å²) in [4.78, 5) is 4.90. The van der Waals surface area contributed by atoms with Crippen LogP contribution in [0.25, 0.3) is 0 Å². The lowest BCUT2D eigenvalue weighted by Crippen LogP contribution is -2.39. The van der Waals surface area contributed by atoms with Crippen LogP contribution in [-0.2, 0) is 5.41 Å². The van der Waals surface area contributed by atoms with Crippen LogP contribution in [0.5, 0.6) is 0 Å². The molecule has 0 fully saturated rings. The molecule has 0 atom stereocenters. The van der Waals surface area contributed by atoms with Crippen LogP contribution in [0.4, 0.5) is 11.4 Å². The SMILES string of the molecule is CC(C)c1cc(C(C)C)c(NCC(C)(CNc2c(C(C)C)cc(C(C)C)cc2C(C)C)c2ccccn2)c(C(C)C)c1. The Bertz CT molecular complexity index is 1160. The van der Waals surface area contributed by atoms with E-state index in [-0.39, 0.29) is 5.41 Å². The molecule has 3 heteroatoms. The Balaban J connectivity index is 2.08. The third-order valence-electron chi connectivity index (χ3n) is 8.86. The van der Waals surface area contributed by atoms with Crippen molar-refractivity contribution in [2.24, 2.45) is 0 Å². The lowest BCUT2D eigenvalue weighted by molar-refractivity contribution is 0.510. The van der Waals surface area contributed by atoms with E-state index in [2.05, 4.69) is 137 Å². The zero-order valence-corrected chi connectivity index (χ0v) is 28.9. The number of nitrogens with one attached hydrogen (secondary N) is 2. The molecule has 0 aliphatic heterocycles. The Hall–Kier alpha value is -2.81. The van der Waals surface area contributed by atoms with Crippen LogP contribution in [0.3, 0.4) is 0 Å². The number of aromatic nitrogens is 1. The van der Waals surface area contributed by atoms with Gasteiger partial charge in [0.25, 0.3) is 0 Å². The Morgan fingerprint density at radius 2 is 0.905 bits per heavy atom. The minimum atomic E-state index is -0.236. The predicted molar refractivity (Wildman–Crippen MR) is 186 cm³/mol. The summed E-state index contributed by atoms with van der Waals surface area (Å²) in [7, 11) is 0. The van der Waals surface area contributed by atoms with Gasteiger partial charge in [0.05, 0.1) is 0 Å². The van der Waals surface area contributed by atoms with Crippen LogP contribution in [-0.4, -0.2) is 18.1 Å². The summed E-state index contributed by atoms with van der Waals surface area (Å²) >= 11 is 0. The van der Waals surface area contributed by atoms with Crippen LogP contribution >= 0.6 is 0 Å². The molecule has 0 amide bonds. The average Bonchev–Trinajstić information content (AvgIpc) is 2.94. The predicted octanol–water partition coefficient (Wildman–Crippen LogP) is 11.3. The largest absolute Gasteiger partial charge is 0.384 e. The highest BCUT2D eigenvalue weighted by Crippen LogP contribution is 2.39. The van der Waals surface area contributed by atoms with E-state index in [1.165, 1.54) is 44.8 Å². The summed E-state index contributed by atoms with van der Waals surface area (Å²) in [6.45, 7) is 31.6. The van der Waals surface area contributed by atoms with Gasteiger partial charge < -0.3 is 10.6 Å². The number of rotatable bonds is 13. The number of hydrogen-bond acceptors (Lipinski definition) is 3. The van der Waals surface area contributed by atoms with E-state index in [0.717, 1.165) is 18.8 Å². The number of benzene rings is 2. The van der Waals surface area contributed by atoms with E-state index < -0.39 is 0 Å². The maximum Gasteiger partial charge on any atom is 0.0497 e. The fraction of sp³-hybridized carbons (Fsp3) is 0.564. The van der Waals surface area contributed by atoms with Crippen molar-refractivity contribution in [2.45, 2.75) is 131 Å². The molecular formula is C39H59N3. The summed E-state index contributed by atoms with van der Waals surface area (Å²) in [5, 5.41) is 8.01. The molecule has 42 heavy (non-hydrogen) atoms. The standard InChI is InChI=1S/C39H59N3/c1-24(2)30-18-32(26(5)6)37(33(19-30)27(7)8)41-22-39(13,36-16-14-15-17-40-36)23-42-38-34(28(9)10)20-31(25(3)4)21-35(38)29(11)12/h14-21,24-29,41-42H,22-23H2,1-13H3. The lowest BCUT2D eigenvalue weighted by Gasteiger charge is -2.34. The normalized spacial score (nSPS) is 12.5. The van der Waals surface area contributed by atoms with Crippen LogP contribution in [0.2, 0.25) is 0 Å². The maximum absolute atomic E-state index is 4.90. The molecule has 3 nitrogen and oxygen atoms in total. The van der Waals surface area contributed by atoms with Crippen molar-refractivity contribution >= 4 is 11.4 Å². The first-order valence-electron chi connectivity index (χ1n) is 16.4. The van der Waals surface area contributed by atoms with Gasteiger partial charge in [-0.05, 0) is 81.0 Å². The van der Waals surface area contributed by atoms with Gasteiger partial charge in [-0.1, -0.05) is 120 Å². The van der Waals surface area contributed by atoms with Crippen LogP contribution in [0.1, 0.15) is 165 Å². The molecule has 3 rings (SSSR count). The molecule has 0 saturated heterocycles. The molecule has 2 aromatic carbocycles. The molecular weight excluding hydrogens is 510 g/mol. The van der Waals surface area contributed by atoms with Gasteiger partial charge >= 0.3 is 0 Å². The van der Waals surface area contributed by atoms with Gasteiger partial charge in [0.1, 0.15) is 0 Å². The van der Waals surface area contributed by atoms with E-state index in [1.54, 1.807) is 0 Å². The first-order chi connectivity index (χ1) is 19.7. The third kappa shape index (κ3) is 7.77. The monoisotopic (exact) mass is 569 g/mol. The highest BCUT2D eigenvalue weighted by molar-refractivity contribution is 5.64. The van der Waals surface area contributed by atoms with E-state index in [9.17, 15) is 0 Å². The number of nitrogens with zero attached hydrogens (tertiary/aromatic N) is 1. The zero-order valence-electron chi connectivity index (χ0n) is 28.9. The van der Waals surface area contributed by atoms with Gasteiger partial charge in [-0.3, -0.25) is 4.98 Å². The Morgan fingerprint density at radius 1 is 0.548 bits per heavy atom. The van der Waals surface area contributed by atoms with Gasteiger partial charge in [-0.25, -0.2) is 0 Å². The minimum Gasteiger partial charge on any atom is -0.384 e. The molecule has 0 spiro atoms. The van der Waals surface area contributed by atoms with Crippen molar-refractivity contribution < 1.29 is 0 Å². The van der Waals surface area contributed by atoms with Gasteiger partial charge in [0, 0.05) is 41.8 Å². The highest BCUT2D eigenvalue weighted by Gasteiger charge is 2.30. The van der Waals surface area contributed by atoms with Gasteiger partial charge in [0.2, 0.25) is 0 Å². The fourth-order valence-electron chi connectivity index (χ4n) is 5.85. The molecule has 0 radical (unpaired) electrons. The molecule has 2 N–H and O–H groups in total. The summed E-state index contributed by atoms with van der Waals surface area (Å²) < 4.78 is 0. The van der Waals surface area contributed by atoms with E-state index in [4.69, 9.17) is 4.98 Å². The molecule has 1 heterocycles. The average molecular weight is 570 g/mol. The summed E-state index contributed by atoms with van der Waals surface area (Å²) in [5.41, 5.74) is 12.0. The topological polar surface area (TPSA) is 37.0 Å². The Labute approximate surface area is 258 Å². The number of pyridine rings is 1. The Morgan fingerprint density at radius 3 is 1.17 bits per heavy atom. The van der Waals surface area contributed by atoms with Crippen LogP contribution in [0.15, 0.2) is 48.7 Å². The lowest BCUT2D eigenvalue weighted by atomic mass is 9.83. The summed E-state index contributed by atoms with van der Waals surface area (Å²) in [6, 6.07) is 16.0. The third-order valence-corrected chi connectivity index (χ3v) is 8.86. The highest BCUT2D eigenvalue weighted by atomic mass is 15.0. The smallest absolute Gasteiger partial charge is 0.0497 e. The summed E-state index contributed by atoms with van der Waals surface area (Å²) in [5.74, 6) is 2.75. The van der Waals surface area contributed by atoms with Crippen molar-refractivity contribution in [1.82, 2.24) is 4.98 Å². The molecule has 3 aromatic rings.